The first-order valence-electron chi connectivity index (χ1n) is 6.35. The van der Waals surface area contributed by atoms with Crippen LogP contribution in [-0.4, -0.2) is 45.4 Å². The first-order valence-corrected chi connectivity index (χ1v) is 6.35. The molecule has 0 aromatic heterocycles. The van der Waals surface area contributed by atoms with Gasteiger partial charge >= 0.3 is 6.18 Å². The highest BCUT2D eigenvalue weighted by atomic mass is 35.5. The second kappa shape index (κ2) is 8.05. The molecule has 1 heterocycles. The summed E-state index contributed by atoms with van der Waals surface area (Å²) in [5.41, 5.74) is -0.263. The molecule has 2 N–H and O–H groups in total. The van der Waals surface area contributed by atoms with Gasteiger partial charge in [-0.1, -0.05) is 0 Å². The van der Waals surface area contributed by atoms with Crippen molar-refractivity contribution in [1.29, 1.82) is 0 Å². The minimum absolute atomic E-state index is 0. The van der Waals surface area contributed by atoms with Gasteiger partial charge in [0.15, 0.2) is 0 Å². The van der Waals surface area contributed by atoms with Crippen LogP contribution in [0.25, 0.3) is 0 Å². The van der Waals surface area contributed by atoms with Crippen LogP contribution in [-0.2, 0) is 9.53 Å². The molecule has 0 aromatic carbocycles. The number of ether oxygens (including phenoxy) is 1. The van der Waals surface area contributed by atoms with E-state index in [4.69, 9.17) is 4.74 Å². The van der Waals surface area contributed by atoms with E-state index in [1.807, 2.05) is 0 Å². The average Bonchev–Trinajstić information content (AvgIpc) is 2.35. The van der Waals surface area contributed by atoms with Gasteiger partial charge in [-0.3, -0.25) is 4.79 Å². The van der Waals surface area contributed by atoms with Gasteiger partial charge in [0.1, 0.15) is 5.92 Å². The van der Waals surface area contributed by atoms with Crippen LogP contribution in [0.2, 0.25) is 0 Å². The van der Waals surface area contributed by atoms with Gasteiger partial charge in [0.05, 0.1) is 6.61 Å². The van der Waals surface area contributed by atoms with Crippen LogP contribution in [0.3, 0.4) is 0 Å². The number of hydrogen-bond acceptors (Lipinski definition) is 3. The topological polar surface area (TPSA) is 50.4 Å². The Labute approximate surface area is 123 Å². The summed E-state index contributed by atoms with van der Waals surface area (Å²) < 4.78 is 42.4. The molecule has 8 heteroatoms. The number of piperidine rings is 1. The molecule has 0 spiro atoms. The Morgan fingerprint density at radius 2 is 1.95 bits per heavy atom. The van der Waals surface area contributed by atoms with Crippen molar-refractivity contribution < 1.29 is 22.7 Å². The molecule has 0 aromatic rings. The lowest BCUT2D eigenvalue weighted by atomic mass is 9.79. The Balaban J connectivity index is 0.00000361. The third-order valence-corrected chi connectivity index (χ3v) is 3.64. The van der Waals surface area contributed by atoms with Gasteiger partial charge in [0, 0.05) is 19.1 Å². The molecule has 1 aliphatic rings. The van der Waals surface area contributed by atoms with Crippen molar-refractivity contribution in [1.82, 2.24) is 10.6 Å². The number of carbonyl (C=O) groups excluding carboxylic acids is 1. The van der Waals surface area contributed by atoms with E-state index in [1.165, 1.54) is 0 Å². The van der Waals surface area contributed by atoms with Gasteiger partial charge in [0.25, 0.3) is 0 Å². The molecule has 1 unspecified atom stereocenters. The highest BCUT2D eigenvalue weighted by molar-refractivity contribution is 5.85. The number of methoxy groups -OCH3 is 1. The molecule has 0 aliphatic carbocycles. The van der Waals surface area contributed by atoms with Crippen molar-refractivity contribution >= 4 is 18.3 Å². The van der Waals surface area contributed by atoms with Gasteiger partial charge in [0.2, 0.25) is 5.91 Å². The van der Waals surface area contributed by atoms with Gasteiger partial charge < -0.3 is 15.4 Å². The number of carbonyl (C=O) groups is 1. The number of amides is 1. The zero-order chi connectivity index (χ0) is 14.5. The van der Waals surface area contributed by atoms with E-state index in [0.29, 0.717) is 6.61 Å². The minimum Gasteiger partial charge on any atom is -0.384 e. The van der Waals surface area contributed by atoms with Crippen molar-refractivity contribution in [2.24, 2.45) is 11.3 Å². The molecule has 120 valence electrons. The largest absolute Gasteiger partial charge is 0.400 e. The van der Waals surface area contributed by atoms with Gasteiger partial charge in [-0.2, -0.15) is 13.2 Å². The van der Waals surface area contributed by atoms with Crippen molar-refractivity contribution in [2.45, 2.75) is 25.9 Å². The molecular weight excluding hydrogens is 297 g/mol. The number of alkyl halides is 3. The number of nitrogens with one attached hydrogen (secondary N) is 2. The van der Waals surface area contributed by atoms with Crippen molar-refractivity contribution in [3.05, 3.63) is 0 Å². The van der Waals surface area contributed by atoms with E-state index < -0.39 is 18.0 Å². The summed E-state index contributed by atoms with van der Waals surface area (Å²) >= 11 is 0. The zero-order valence-corrected chi connectivity index (χ0v) is 12.5. The van der Waals surface area contributed by atoms with Crippen LogP contribution in [0.15, 0.2) is 0 Å². The Bertz CT molecular complexity index is 302. The van der Waals surface area contributed by atoms with Crippen LogP contribution in [0.5, 0.6) is 0 Å². The fraction of sp³-hybridized carbons (Fsp3) is 0.917. The summed E-state index contributed by atoms with van der Waals surface area (Å²) in [7, 11) is 1.56. The fourth-order valence-corrected chi connectivity index (χ4v) is 2.21. The molecule has 1 saturated heterocycles. The summed E-state index contributed by atoms with van der Waals surface area (Å²) in [5.74, 6) is -2.95. The average molecular weight is 319 g/mol. The summed E-state index contributed by atoms with van der Waals surface area (Å²) in [5, 5.41) is 5.60. The molecule has 0 radical (unpaired) electrons. The lowest BCUT2D eigenvalue weighted by molar-refractivity contribution is -0.179. The minimum atomic E-state index is -4.49. The van der Waals surface area contributed by atoms with E-state index in [9.17, 15) is 18.0 Å². The van der Waals surface area contributed by atoms with E-state index >= 15 is 0 Å². The molecule has 1 amide bonds. The first-order chi connectivity index (χ1) is 8.81. The fourth-order valence-electron chi connectivity index (χ4n) is 2.21. The predicted octanol–water partition coefficient (Wildman–Crippen LogP) is 1.74. The maximum atomic E-state index is 12.4. The molecule has 1 aliphatic heterocycles. The number of halogens is 4. The Morgan fingerprint density at radius 3 is 2.40 bits per heavy atom. The van der Waals surface area contributed by atoms with E-state index in [-0.39, 0.29) is 24.4 Å². The Hall–Kier alpha value is -0.530. The standard InChI is InChI=1S/C12H21F3N2O2.ClH/c1-9(12(13,14)15)10(18)17-7-11(8-19-2)3-5-16-6-4-11;/h9,16H,3-8H2,1-2H3,(H,17,18);1H. The molecular formula is C12H22ClF3N2O2. The van der Waals surface area contributed by atoms with Crippen LogP contribution in [0.1, 0.15) is 19.8 Å². The van der Waals surface area contributed by atoms with Crippen LogP contribution < -0.4 is 10.6 Å². The molecule has 4 nitrogen and oxygen atoms in total. The molecule has 1 atom stereocenters. The van der Waals surface area contributed by atoms with Crippen LogP contribution in [0.4, 0.5) is 13.2 Å². The lowest BCUT2D eigenvalue weighted by Gasteiger charge is -2.37. The van der Waals surface area contributed by atoms with E-state index in [0.717, 1.165) is 32.9 Å². The summed E-state index contributed by atoms with van der Waals surface area (Å²) in [6, 6.07) is 0. The van der Waals surface area contributed by atoms with E-state index in [1.54, 1.807) is 7.11 Å². The van der Waals surface area contributed by atoms with Crippen LogP contribution >= 0.6 is 12.4 Å². The second-order valence-corrected chi connectivity index (χ2v) is 5.16. The Morgan fingerprint density at radius 1 is 1.40 bits per heavy atom. The smallest absolute Gasteiger partial charge is 0.384 e. The SMILES string of the molecule is COCC1(CNC(=O)C(C)C(F)(F)F)CCNCC1.Cl. The number of hydrogen-bond donors (Lipinski definition) is 2. The molecule has 20 heavy (non-hydrogen) atoms. The van der Waals surface area contributed by atoms with Gasteiger partial charge in [-0.05, 0) is 32.9 Å². The highest BCUT2D eigenvalue weighted by Gasteiger charge is 2.42. The zero-order valence-electron chi connectivity index (χ0n) is 11.7. The monoisotopic (exact) mass is 318 g/mol. The summed E-state index contributed by atoms with van der Waals surface area (Å²) in [4.78, 5) is 11.5. The molecule has 0 saturated carbocycles. The highest BCUT2D eigenvalue weighted by Crippen LogP contribution is 2.29. The van der Waals surface area contributed by atoms with Gasteiger partial charge in [-0.25, -0.2) is 0 Å². The Kier molecular flexibility index (Phi) is 7.83. The quantitative estimate of drug-likeness (QED) is 0.812. The third kappa shape index (κ3) is 5.46. The molecule has 1 rings (SSSR count). The van der Waals surface area contributed by atoms with Crippen LogP contribution in [0, 0.1) is 11.3 Å². The third-order valence-electron chi connectivity index (χ3n) is 3.64. The van der Waals surface area contributed by atoms with Crippen molar-refractivity contribution in [3.8, 4) is 0 Å². The molecule has 1 fully saturated rings. The van der Waals surface area contributed by atoms with Crippen molar-refractivity contribution in [2.75, 3.05) is 33.4 Å². The maximum absolute atomic E-state index is 12.4. The van der Waals surface area contributed by atoms with Gasteiger partial charge in [-0.15, -0.1) is 12.4 Å². The normalized spacial score (nSPS) is 19.9. The van der Waals surface area contributed by atoms with Crippen molar-refractivity contribution in [3.63, 3.8) is 0 Å². The maximum Gasteiger partial charge on any atom is 0.400 e. The lowest BCUT2D eigenvalue weighted by Crippen LogP contribution is -2.49. The first kappa shape index (κ1) is 19.5. The summed E-state index contributed by atoms with van der Waals surface area (Å²) in [6.07, 6.45) is -2.93. The summed E-state index contributed by atoms with van der Waals surface area (Å²) in [6.45, 7) is 3.11. The van der Waals surface area contributed by atoms with E-state index in [2.05, 4.69) is 10.6 Å². The predicted molar refractivity (Wildman–Crippen MR) is 71.9 cm³/mol. The molecule has 0 bridgehead atoms. The second-order valence-electron chi connectivity index (χ2n) is 5.16. The number of rotatable bonds is 5.